The fourth-order valence-corrected chi connectivity index (χ4v) is 7.96. The van der Waals surface area contributed by atoms with Crippen molar-refractivity contribution in [2.45, 2.75) is 32.1 Å². The Labute approximate surface area is 415 Å². The lowest BCUT2D eigenvalue weighted by molar-refractivity contribution is 0.100. The molecule has 2 aromatic heterocycles. The van der Waals surface area contributed by atoms with Gasteiger partial charge in [0.2, 0.25) is 0 Å². The first kappa shape index (κ1) is 49.9. The van der Waals surface area contributed by atoms with Gasteiger partial charge in [-0.15, -0.1) is 0 Å². The number of amides is 4. The number of hydrogen-bond donors (Lipinski definition) is 6. The van der Waals surface area contributed by atoms with E-state index in [1.807, 2.05) is 9.80 Å². The summed E-state index contributed by atoms with van der Waals surface area (Å²) in [7, 11) is 0. The van der Waals surface area contributed by atoms with Crippen LogP contribution >= 0.6 is 46.4 Å². The van der Waals surface area contributed by atoms with Crippen LogP contribution in [-0.4, -0.2) is 81.2 Å². The second-order valence-electron chi connectivity index (χ2n) is 15.7. The third-order valence-electron chi connectivity index (χ3n) is 11.0. The molecule has 0 aliphatic carbocycles. The summed E-state index contributed by atoms with van der Waals surface area (Å²) >= 11 is 23.8. The number of likely N-dealkylation sites (tertiary alicyclic amines) is 2. The van der Waals surface area contributed by atoms with Crippen molar-refractivity contribution in [1.29, 1.82) is 10.8 Å². The Morgan fingerprint density at radius 3 is 1.17 bits per heavy atom. The predicted molar refractivity (Wildman–Crippen MR) is 266 cm³/mol. The van der Waals surface area contributed by atoms with Crippen LogP contribution in [0.2, 0.25) is 20.1 Å². The molecule has 0 saturated carbocycles. The van der Waals surface area contributed by atoms with Crippen molar-refractivity contribution in [3.8, 4) is 0 Å². The van der Waals surface area contributed by atoms with Crippen molar-refractivity contribution >= 4 is 105 Å². The van der Waals surface area contributed by atoms with Gasteiger partial charge in [0, 0.05) is 59.7 Å². The van der Waals surface area contributed by atoms with E-state index in [0.29, 0.717) is 21.2 Å². The number of nitrogens with zero attached hydrogens (tertiary/aromatic N) is 4. The van der Waals surface area contributed by atoms with E-state index in [1.54, 1.807) is 24.3 Å². The Kier molecular flexibility index (Phi) is 16.5. The minimum absolute atomic E-state index is 0.0745. The van der Waals surface area contributed by atoms with Crippen molar-refractivity contribution in [1.82, 2.24) is 19.8 Å². The maximum absolute atomic E-state index is 14.9. The number of nitrogens with one attached hydrogen (secondary N) is 6. The van der Waals surface area contributed by atoms with Crippen molar-refractivity contribution in [3.63, 3.8) is 0 Å². The van der Waals surface area contributed by atoms with Gasteiger partial charge in [-0.3, -0.25) is 30.0 Å². The van der Waals surface area contributed by atoms with E-state index in [-0.39, 0.29) is 67.0 Å². The Morgan fingerprint density at radius 2 is 0.812 bits per heavy atom. The molecule has 4 heterocycles. The Morgan fingerprint density at radius 1 is 0.449 bits per heavy atom. The first-order chi connectivity index (χ1) is 33.1. The van der Waals surface area contributed by atoms with E-state index in [2.05, 4.69) is 31.2 Å². The highest BCUT2D eigenvalue weighted by Crippen LogP contribution is 2.26. The molecule has 20 heteroatoms. The third-order valence-corrected chi connectivity index (χ3v) is 11.9. The molecule has 0 unspecified atom stereocenters. The van der Waals surface area contributed by atoms with Gasteiger partial charge in [-0.25, -0.2) is 18.7 Å². The Bertz CT molecular complexity index is 2930. The summed E-state index contributed by atoms with van der Waals surface area (Å²) in [6.07, 6.45) is 7.88. The van der Waals surface area contributed by atoms with Crippen LogP contribution in [0.5, 0.6) is 0 Å². The van der Waals surface area contributed by atoms with E-state index in [9.17, 15) is 28.0 Å². The Hall–Kier alpha value is -6.98. The molecule has 0 atom stereocenters. The molecule has 14 nitrogen and oxygen atoms in total. The molecule has 2 aliphatic rings. The monoisotopic (exact) mass is 1010 g/mol. The summed E-state index contributed by atoms with van der Waals surface area (Å²) in [5.74, 6) is -3.14. The molecule has 0 spiro atoms. The number of anilines is 4. The number of amidine groups is 2. The van der Waals surface area contributed by atoms with Gasteiger partial charge >= 0.3 is 0 Å². The number of piperidine rings is 1. The molecular weight excluding hydrogens is 972 g/mol. The van der Waals surface area contributed by atoms with E-state index in [1.165, 1.54) is 85.2 Å². The summed E-state index contributed by atoms with van der Waals surface area (Å²) in [5, 5.41) is 28.4. The highest BCUT2D eigenvalue weighted by molar-refractivity contribution is 6.32. The lowest BCUT2D eigenvalue weighted by atomic mass is 10.1. The van der Waals surface area contributed by atoms with Crippen LogP contribution in [0.4, 0.5) is 31.8 Å². The molecule has 6 N–H and O–H groups in total. The van der Waals surface area contributed by atoms with Gasteiger partial charge in [-0.2, -0.15) is 0 Å². The number of carbonyl (C=O) groups excluding carboxylic acids is 4. The van der Waals surface area contributed by atoms with Gasteiger partial charge in [-0.1, -0.05) is 58.5 Å². The summed E-state index contributed by atoms with van der Waals surface area (Å²) < 4.78 is 29.7. The maximum atomic E-state index is 14.9. The number of hydrogen-bond acceptors (Lipinski definition) is 8. The predicted octanol–water partition coefficient (Wildman–Crippen LogP) is 11.3. The van der Waals surface area contributed by atoms with Gasteiger partial charge in [0.1, 0.15) is 34.9 Å². The molecule has 354 valence electrons. The van der Waals surface area contributed by atoms with E-state index >= 15 is 0 Å². The second-order valence-corrected chi connectivity index (χ2v) is 17.5. The quantitative estimate of drug-likeness (QED) is 0.0576. The number of benzene rings is 4. The molecule has 2 aliphatic heterocycles. The summed E-state index contributed by atoms with van der Waals surface area (Å²) in [5.41, 5.74) is 0.835. The van der Waals surface area contributed by atoms with Crippen molar-refractivity contribution in [2.75, 3.05) is 47.4 Å². The zero-order chi connectivity index (χ0) is 49.2. The van der Waals surface area contributed by atoms with Gasteiger partial charge in [0.05, 0.1) is 43.7 Å². The maximum Gasteiger partial charge on any atom is 0.258 e. The van der Waals surface area contributed by atoms with E-state index < -0.39 is 35.3 Å². The first-order valence-corrected chi connectivity index (χ1v) is 23.0. The zero-order valence-corrected chi connectivity index (χ0v) is 39.5. The van der Waals surface area contributed by atoms with Crippen molar-refractivity contribution in [2.24, 2.45) is 0 Å². The molecule has 0 bridgehead atoms. The molecule has 8 rings (SSSR count). The minimum Gasteiger partial charge on any atom is -0.357 e. The molecule has 4 amide bonds. The van der Waals surface area contributed by atoms with E-state index in [4.69, 9.17) is 57.2 Å². The number of pyridine rings is 2. The second kappa shape index (κ2) is 22.9. The van der Waals surface area contributed by atoms with Crippen LogP contribution in [-0.2, 0) is 0 Å². The number of rotatable bonds is 10. The summed E-state index contributed by atoms with van der Waals surface area (Å²) in [6, 6.07) is 23.0. The van der Waals surface area contributed by atoms with Gasteiger partial charge < -0.3 is 31.1 Å². The van der Waals surface area contributed by atoms with Gasteiger partial charge in [0.15, 0.2) is 0 Å². The van der Waals surface area contributed by atoms with E-state index in [0.717, 1.165) is 58.3 Å². The van der Waals surface area contributed by atoms with Gasteiger partial charge in [0.25, 0.3) is 23.6 Å². The fourth-order valence-electron chi connectivity index (χ4n) is 7.39. The summed E-state index contributed by atoms with van der Waals surface area (Å²) in [6.45, 7) is 3.04. The highest BCUT2D eigenvalue weighted by Gasteiger charge is 2.23. The Balaban J connectivity index is 0.000000204. The van der Waals surface area contributed by atoms with Crippen molar-refractivity contribution in [3.05, 3.63) is 175 Å². The third kappa shape index (κ3) is 13.0. The molecule has 2 fully saturated rings. The van der Waals surface area contributed by atoms with Crippen LogP contribution in [0.25, 0.3) is 0 Å². The SMILES string of the molecule is N=C(c1ccc(C(=O)Nc2ccc(Cl)cc2C(=O)Nc2ccc(Cl)cn2)c(F)c1)N1CCCC1.N=C(c1ccc(C(=O)Nc2ccc(Cl)cc2C(=O)Nc2ccc(Cl)cn2)c(F)c1)N1CCCCC1. The lowest BCUT2D eigenvalue weighted by Crippen LogP contribution is -2.35. The van der Waals surface area contributed by atoms with Crippen LogP contribution in [0, 0.1) is 22.5 Å². The highest BCUT2D eigenvalue weighted by atomic mass is 35.5. The van der Waals surface area contributed by atoms with Crippen molar-refractivity contribution < 1.29 is 28.0 Å². The smallest absolute Gasteiger partial charge is 0.258 e. The normalized spacial score (nSPS) is 13.1. The average molecular weight is 1010 g/mol. The standard InChI is InChI=1S/C25H22Cl2FN5O2.C24H20Cl2FN5O2/c26-16-5-8-21(19(13-16)25(35)32-22-9-6-17(27)14-30-22)31-24(34)18-7-4-15(12-20(18)28)23(29)33-10-2-1-3-11-33;25-15-4-7-20(18(12-15)24(34)31-21-8-5-16(26)13-29-21)30-23(33)17-6-3-14(11-19(17)27)22(28)32-9-1-2-10-32/h4-9,12-14,29H,1-3,10-11H2,(H,31,34)(H,30,32,35);3-8,11-13,28H,1-2,9-10H2,(H,30,33)(H,29,31,34). The molecule has 6 aromatic rings. The number of halogens is 6. The molecule has 2 saturated heterocycles. The molecule has 0 radical (unpaired) electrons. The van der Waals surface area contributed by atoms with Gasteiger partial charge in [-0.05, 0) is 117 Å². The summed E-state index contributed by atoms with van der Waals surface area (Å²) in [4.78, 5) is 63.1. The van der Waals surface area contributed by atoms with Crippen LogP contribution in [0.1, 0.15) is 84.7 Å². The topological polar surface area (TPSA) is 196 Å². The largest absolute Gasteiger partial charge is 0.357 e. The first-order valence-electron chi connectivity index (χ1n) is 21.5. The number of aromatic nitrogens is 2. The van der Waals surface area contributed by atoms with Crippen LogP contribution in [0.3, 0.4) is 0 Å². The van der Waals surface area contributed by atoms with Crippen LogP contribution in [0.15, 0.2) is 109 Å². The minimum atomic E-state index is -0.760. The fraction of sp³-hybridized carbons (Fsp3) is 0.184. The lowest BCUT2D eigenvalue weighted by Gasteiger charge is -2.29. The average Bonchev–Trinajstić information content (AvgIpc) is 3.89. The van der Waals surface area contributed by atoms with Crippen LogP contribution < -0.4 is 21.3 Å². The molecule has 4 aromatic carbocycles. The molecular formula is C49H42Cl4F2N10O4. The number of carbonyl (C=O) groups is 4. The zero-order valence-electron chi connectivity index (χ0n) is 36.4. The molecule has 69 heavy (non-hydrogen) atoms.